The van der Waals surface area contributed by atoms with E-state index < -0.39 is 0 Å². The first-order chi connectivity index (χ1) is 9.01. The first-order valence-corrected chi connectivity index (χ1v) is 7.04. The summed E-state index contributed by atoms with van der Waals surface area (Å²) < 4.78 is 0. The number of nitrogens with two attached hydrogens (primary N) is 1. The Morgan fingerprint density at radius 3 is 2.47 bits per heavy atom. The number of amides is 1. The fourth-order valence-electron chi connectivity index (χ4n) is 2.15. The average molecular weight is 262 g/mol. The summed E-state index contributed by atoms with van der Waals surface area (Å²) in [6, 6.07) is 10.2. The summed E-state index contributed by atoms with van der Waals surface area (Å²) in [5.74, 6) is 0.0185. The summed E-state index contributed by atoms with van der Waals surface area (Å²) in [6.45, 7) is 7.41. The van der Waals surface area contributed by atoms with Crippen LogP contribution in [-0.4, -0.2) is 19.0 Å². The summed E-state index contributed by atoms with van der Waals surface area (Å²) in [5, 5.41) is 3.04. The molecule has 106 valence electrons. The van der Waals surface area contributed by atoms with Gasteiger partial charge in [0, 0.05) is 18.5 Å². The van der Waals surface area contributed by atoms with Crippen molar-refractivity contribution >= 4 is 5.91 Å². The smallest absolute Gasteiger partial charge is 0.224 e. The zero-order chi connectivity index (χ0) is 14.3. The van der Waals surface area contributed by atoms with Gasteiger partial charge in [-0.15, -0.1) is 0 Å². The van der Waals surface area contributed by atoms with Crippen LogP contribution in [0.5, 0.6) is 0 Å². The van der Waals surface area contributed by atoms with E-state index in [0.717, 1.165) is 12.8 Å². The zero-order valence-corrected chi connectivity index (χ0v) is 12.3. The van der Waals surface area contributed by atoms with Crippen molar-refractivity contribution in [3.63, 3.8) is 0 Å². The van der Waals surface area contributed by atoms with Gasteiger partial charge in [-0.05, 0) is 12.0 Å². The molecule has 3 nitrogen and oxygen atoms in total. The van der Waals surface area contributed by atoms with E-state index in [1.165, 1.54) is 5.56 Å². The summed E-state index contributed by atoms with van der Waals surface area (Å²) in [4.78, 5) is 12.1. The van der Waals surface area contributed by atoms with Crippen molar-refractivity contribution in [3.05, 3.63) is 35.9 Å². The molecule has 1 aromatic rings. The van der Waals surface area contributed by atoms with Crippen molar-refractivity contribution in [1.82, 2.24) is 5.32 Å². The molecule has 0 aliphatic rings. The molecular weight excluding hydrogens is 236 g/mol. The second-order valence-corrected chi connectivity index (χ2v) is 5.69. The number of rotatable bonds is 7. The molecule has 0 saturated heterocycles. The van der Waals surface area contributed by atoms with E-state index in [4.69, 9.17) is 5.73 Å². The van der Waals surface area contributed by atoms with Gasteiger partial charge in [-0.1, -0.05) is 57.5 Å². The van der Waals surface area contributed by atoms with Crippen molar-refractivity contribution in [1.29, 1.82) is 0 Å². The minimum Gasteiger partial charge on any atom is -0.355 e. The molecule has 0 spiro atoms. The lowest BCUT2D eigenvalue weighted by molar-refractivity contribution is -0.125. The Hall–Kier alpha value is -1.35. The summed E-state index contributed by atoms with van der Waals surface area (Å²) in [5.41, 5.74) is 6.81. The van der Waals surface area contributed by atoms with Crippen LogP contribution < -0.4 is 11.1 Å². The highest BCUT2D eigenvalue weighted by Gasteiger charge is 2.23. The molecule has 1 atom stereocenters. The van der Waals surface area contributed by atoms with Gasteiger partial charge in [0.25, 0.3) is 0 Å². The lowest BCUT2D eigenvalue weighted by atomic mass is 9.84. The van der Waals surface area contributed by atoms with E-state index in [9.17, 15) is 4.79 Å². The second kappa shape index (κ2) is 7.29. The van der Waals surface area contributed by atoms with Crippen LogP contribution in [-0.2, 0) is 10.2 Å². The molecule has 1 aromatic carbocycles. The Kier molecular flexibility index (Phi) is 6.03. The zero-order valence-electron chi connectivity index (χ0n) is 12.3. The second-order valence-electron chi connectivity index (χ2n) is 5.69. The van der Waals surface area contributed by atoms with Gasteiger partial charge < -0.3 is 11.1 Å². The Labute approximate surface area is 116 Å². The fraction of sp³-hybridized carbons (Fsp3) is 0.562. The van der Waals surface area contributed by atoms with Crippen LogP contribution in [0.25, 0.3) is 0 Å². The molecule has 0 aliphatic carbocycles. The molecule has 0 heterocycles. The van der Waals surface area contributed by atoms with E-state index in [1.807, 2.05) is 18.2 Å². The monoisotopic (exact) mass is 262 g/mol. The Morgan fingerprint density at radius 2 is 1.95 bits per heavy atom. The maximum Gasteiger partial charge on any atom is 0.224 e. The summed E-state index contributed by atoms with van der Waals surface area (Å²) >= 11 is 0. The van der Waals surface area contributed by atoms with Crippen LogP contribution in [0.2, 0.25) is 0 Å². The number of hydrogen-bond acceptors (Lipinski definition) is 2. The van der Waals surface area contributed by atoms with Crippen molar-refractivity contribution < 1.29 is 4.79 Å². The SMILES string of the molecule is CCCC(CN)C(=O)NCC(C)(C)c1ccccc1. The first-order valence-electron chi connectivity index (χ1n) is 7.04. The molecule has 1 amide bonds. The third-order valence-electron chi connectivity index (χ3n) is 3.55. The van der Waals surface area contributed by atoms with Gasteiger partial charge in [0.1, 0.15) is 0 Å². The molecular formula is C16H26N2O. The maximum atomic E-state index is 12.1. The lowest BCUT2D eigenvalue weighted by Gasteiger charge is -2.26. The predicted molar refractivity (Wildman–Crippen MR) is 79.9 cm³/mol. The van der Waals surface area contributed by atoms with Crippen molar-refractivity contribution in [2.75, 3.05) is 13.1 Å². The lowest BCUT2D eigenvalue weighted by Crippen LogP contribution is -2.41. The van der Waals surface area contributed by atoms with Crippen LogP contribution in [0.15, 0.2) is 30.3 Å². The maximum absolute atomic E-state index is 12.1. The molecule has 3 N–H and O–H groups in total. The van der Waals surface area contributed by atoms with E-state index >= 15 is 0 Å². The largest absolute Gasteiger partial charge is 0.355 e. The van der Waals surface area contributed by atoms with Crippen LogP contribution in [0.4, 0.5) is 0 Å². The van der Waals surface area contributed by atoms with Crippen molar-refractivity contribution in [2.45, 2.75) is 39.0 Å². The quantitative estimate of drug-likeness (QED) is 0.793. The third-order valence-corrected chi connectivity index (χ3v) is 3.55. The molecule has 1 rings (SSSR count). The number of nitrogens with one attached hydrogen (secondary N) is 1. The first kappa shape index (κ1) is 15.7. The van der Waals surface area contributed by atoms with Gasteiger partial charge in [0.05, 0.1) is 5.92 Å². The Bertz CT molecular complexity index is 387. The van der Waals surface area contributed by atoms with Gasteiger partial charge >= 0.3 is 0 Å². The number of carbonyl (C=O) groups is 1. The highest BCUT2D eigenvalue weighted by atomic mass is 16.1. The average Bonchev–Trinajstić information content (AvgIpc) is 2.43. The fourth-order valence-corrected chi connectivity index (χ4v) is 2.15. The number of carbonyl (C=O) groups excluding carboxylic acids is 1. The minimum atomic E-state index is -0.0672. The number of hydrogen-bond donors (Lipinski definition) is 2. The third kappa shape index (κ3) is 4.67. The van der Waals surface area contributed by atoms with Crippen LogP contribution in [0.3, 0.4) is 0 Å². The van der Waals surface area contributed by atoms with E-state index in [1.54, 1.807) is 0 Å². The Morgan fingerprint density at radius 1 is 1.32 bits per heavy atom. The topological polar surface area (TPSA) is 55.1 Å². The highest BCUT2D eigenvalue weighted by Crippen LogP contribution is 2.21. The molecule has 0 aliphatic heterocycles. The standard InChI is InChI=1S/C16H26N2O/c1-4-8-13(11-17)15(19)18-12-16(2,3)14-9-6-5-7-10-14/h5-7,9-10,13H,4,8,11-12,17H2,1-3H3,(H,18,19). The van der Waals surface area contributed by atoms with Crippen LogP contribution in [0.1, 0.15) is 39.2 Å². The molecule has 0 radical (unpaired) electrons. The molecule has 0 aromatic heterocycles. The molecule has 1 unspecified atom stereocenters. The summed E-state index contributed by atoms with van der Waals surface area (Å²) in [7, 11) is 0. The van der Waals surface area contributed by atoms with E-state index in [2.05, 4.69) is 38.2 Å². The number of benzene rings is 1. The van der Waals surface area contributed by atoms with E-state index in [0.29, 0.717) is 13.1 Å². The molecule has 0 saturated carbocycles. The highest BCUT2D eigenvalue weighted by molar-refractivity contribution is 5.78. The van der Waals surface area contributed by atoms with Gasteiger partial charge in [-0.2, -0.15) is 0 Å². The van der Waals surface area contributed by atoms with Crippen LogP contribution in [0, 0.1) is 5.92 Å². The molecule has 3 heteroatoms. The Balaban J connectivity index is 2.58. The van der Waals surface area contributed by atoms with Gasteiger partial charge in [0.2, 0.25) is 5.91 Å². The predicted octanol–water partition coefficient (Wildman–Crippen LogP) is 2.46. The molecule has 19 heavy (non-hydrogen) atoms. The van der Waals surface area contributed by atoms with Gasteiger partial charge in [-0.25, -0.2) is 0 Å². The molecule has 0 fully saturated rings. The molecule has 0 bridgehead atoms. The van der Waals surface area contributed by atoms with Crippen molar-refractivity contribution in [3.8, 4) is 0 Å². The van der Waals surface area contributed by atoms with Crippen molar-refractivity contribution in [2.24, 2.45) is 11.7 Å². The summed E-state index contributed by atoms with van der Waals surface area (Å²) in [6.07, 6.45) is 1.84. The van der Waals surface area contributed by atoms with Gasteiger partial charge in [0.15, 0.2) is 0 Å². The normalized spacial score (nSPS) is 13.1. The van der Waals surface area contributed by atoms with Crippen LogP contribution >= 0.6 is 0 Å². The van der Waals surface area contributed by atoms with E-state index in [-0.39, 0.29) is 17.2 Å². The minimum absolute atomic E-state index is 0.0587. The van der Waals surface area contributed by atoms with Gasteiger partial charge in [-0.3, -0.25) is 4.79 Å².